The molecular weight excluding hydrogens is 269 g/mol. The number of halogens is 2. The minimum absolute atomic E-state index is 0.535. The van der Waals surface area contributed by atoms with Crippen molar-refractivity contribution in [2.45, 2.75) is 6.92 Å². The fourth-order valence-corrected chi connectivity index (χ4v) is 2.38. The number of rotatable bonds is 2. The van der Waals surface area contributed by atoms with E-state index in [1.165, 1.54) is 0 Å². The van der Waals surface area contributed by atoms with Crippen molar-refractivity contribution in [3.63, 3.8) is 0 Å². The highest BCUT2D eigenvalue weighted by Gasteiger charge is 2.11. The van der Waals surface area contributed by atoms with Crippen molar-refractivity contribution < 1.29 is 4.74 Å². The number of nitrogen functional groups attached to an aromatic ring is 1. The van der Waals surface area contributed by atoms with Crippen LogP contribution in [0.15, 0.2) is 30.3 Å². The van der Waals surface area contributed by atoms with Crippen LogP contribution in [0, 0.1) is 6.92 Å². The Morgan fingerprint density at radius 2 is 1.72 bits per heavy atom. The van der Waals surface area contributed by atoms with Crippen LogP contribution in [0.1, 0.15) is 5.56 Å². The smallest absolute Gasteiger partial charge is 0.138 e. The molecule has 2 aromatic carbocycles. The maximum atomic E-state index is 6.26. The number of benzene rings is 2. The molecule has 0 aliphatic heterocycles. The molecule has 0 fully saturated rings. The summed E-state index contributed by atoms with van der Waals surface area (Å²) in [5.41, 5.74) is 9.41. The zero-order chi connectivity index (χ0) is 13.3. The number of anilines is 1. The minimum Gasteiger partial charge on any atom is -0.495 e. The summed E-state index contributed by atoms with van der Waals surface area (Å²) in [4.78, 5) is 0. The first-order chi connectivity index (χ1) is 8.52. The molecule has 0 atom stereocenters. The van der Waals surface area contributed by atoms with Gasteiger partial charge in [-0.05, 0) is 36.2 Å². The lowest BCUT2D eigenvalue weighted by molar-refractivity contribution is 0.415. The molecule has 0 aliphatic rings. The maximum absolute atomic E-state index is 6.26. The second kappa shape index (κ2) is 5.09. The van der Waals surface area contributed by atoms with Crippen molar-refractivity contribution in [1.29, 1.82) is 0 Å². The van der Waals surface area contributed by atoms with Gasteiger partial charge < -0.3 is 10.5 Å². The van der Waals surface area contributed by atoms with E-state index in [2.05, 4.69) is 0 Å². The van der Waals surface area contributed by atoms with Crippen LogP contribution >= 0.6 is 23.2 Å². The summed E-state index contributed by atoms with van der Waals surface area (Å²) in [5, 5.41) is 1.14. The van der Waals surface area contributed by atoms with E-state index in [0.29, 0.717) is 15.8 Å². The molecule has 4 heteroatoms. The number of hydrogen-bond donors (Lipinski definition) is 1. The highest BCUT2D eigenvalue weighted by molar-refractivity contribution is 6.36. The van der Waals surface area contributed by atoms with Crippen LogP contribution in [0.25, 0.3) is 11.1 Å². The van der Waals surface area contributed by atoms with E-state index in [1.807, 2.05) is 25.1 Å². The molecule has 0 bridgehead atoms. The topological polar surface area (TPSA) is 35.2 Å². The normalized spacial score (nSPS) is 10.4. The van der Waals surface area contributed by atoms with Crippen molar-refractivity contribution in [3.05, 3.63) is 45.9 Å². The van der Waals surface area contributed by atoms with E-state index in [4.69, 9.17) is 33.7 Å². The van der Waals surface area contributed by atoms with Crippen molar-refractivity contribution in [1.82, 2.24) is 0 Å². The Balaban J connectivity index is 2.60. The number of ether oxygens (including phenoxy) is 1. The van der Waals surface area contributed by atoms with Gasteiger partial charge in [-0.15, -0.1) is 0 Å². The molecule has 2 nitrogen and oxygen atoms in total. The van der Waals surface area contributed by atoms with Gasteiger partial charge >= 0.3 is 0 Å². The van der Waals surface area contributed by atoms with E-state index in [9.17, 15) is 0 Å². The van der Waals surface area contributed by atoms with Gasteiger partial charge in [0, 0.05) is 17.3 Å². The largest absolute Gasteiger partial charge is 0.495 e. The van der Waals surface area contributed by atoms with Gasteiger partial charge in [0.2, 0.25) is 0 Å². The summed E-state index contributed by atoms with van der Waals surface area (Å²) in [6.07, 6.45) is 0. The third-order valence-electron chi connectivity index (χ3n) is 2.78. The Kier molecular flexibility index (Phi) is 3.69. The van der Waals surface area contributed by atoms with Crippen LogP contribution < -0.4 is 10.5 Å². The lowest BCUT2D eigenvalue weighted by Crippen LogP contribution is -1.91. The molecule has 0 aliphatic carbocycles. The molecule has 18 heavy (non-hydrogen) atoms. The molecule has 0 unspecified atom stereocenters. The van der Waals surface area contributed by atoms with Crippen LogP contribution in [0.5, 0.6) is 5.75 Å². The first-order valence-electron chi connectivity index (χ1n) is 5.42. The predicted molar refractivity (Wildman–Crippen MR) is 77.6 cm³/mol. The van der Waals surface area contributed by atoms with Gasteiger partial charge in [-0.2, -0.15) is 0 Å². The van der Waals surface area contributed by atoms with Gasteiger partial charge in [-0.1, -0.05) is 29.3 Å². The SMILES string of the molecule is COc1cc(Cl)c(-c2ccc(N)cc2C)cc1Cl. The van der Waals surface area contributed by atoms with Crippen molar-refractivity contribution in [2.24, 2.45) is 0 Å². The van der Waals surface area contributed by atoms with Crippen molar-refractivity contribution >= 4 is 28.9 Å². The van der Waals surface area contributed by atoms with E-state index >= 15 is 0 Å². The predicted octanol–water partition coefficient (Wildman–Crippen LogP) is 4.56. The number of hydrogen-bond acceptors (Lipinski definition) is 2. The van der Waals surface area contributed by atoms with Crippen LogP contribution in [0.3, 0.4) is 0 Å². The second-order valence-corrected chi connectivity index (χ2v) is 4.86. The Morgan fingerprint density at radius 3 is 2.33 bits per heavy atom. The summed E-state index contributed by atoms with van der Waals surface area (Å²) in [7, 11) is 1.56. The lowest BCUT2D eigenvalue weighted by atomic mass is 10.00. The van der Waals surface area contributed by atoms with Gasteiger partial charge in [-0.3, -0.25) is 0 Å². The Bertz CT molecular complexity index is 597. The average molecular weight is 282 g/mol. The highest BCUT2D eigenvalue weighted by atomic mass is 35.5. The third kappa shape index (κ3) is 2.40. The lowest BCUT2D eigenvalue weighted by Gasteiger charge is -2.11. The summed E-state index contributed by atoms with van der Waals surface area (Å²) < 4.78 is 5.13. The Hall–Kier alpha value is -1.38. The minimum atomic E-state index is 0.535. The van der Waals surface area contributed by atoms with Gasteiger partial charge in [-0.25, -0.2) is 0 Å². The standard InChI is InChI=1S/C14H13Cl2NO/c1-8-5-9(17)3-4-10(8)11-6-13(16)14(18-2)7-12(11)15/h3-7H,17H2,1-2H3. The maximum Gasteiger partial charge on any atom is 0.138 e. The molecule has 0 saturated heterocycles. The summed E-state index contributed by atoms with van der Waals surface area (Å²) in [5.74, 6) is 0.568. The average Bonchev–Trinajstić information content (AvgIpc) is 2.32. The van der Waals surface area contributed by atoms with E-state index < -0.39 is 0 Å². The van der Waals surface area contributed by atoms with Crippen LogP contribution in [-0.4, -0.2) is 7.11 Å². The number of aryl methyl sites for hydroxylation is 1. The monoisotopic (exact) mass is 281 g/mol. The second-order valence-electron chi connectivity index (χ2n) is 4.04. The zero-order valence-corrected chi connectivity index (χ0v) is 11.6. The van der Waals surface area contributed by atoms with Gasteiger partial charge in [0.25, 0.3) is 0 Å². The molecule has 0 spiro atoms. The zero-order valence-electron chi connectivity index (χ0n) is 10.1. The van der Waals surface area contributed by atoms with Gasteiger partial charge in [0.05, 0.1) is 17.2 Å². The molecule has 0 saturated carbocycles. The molecule has 2 rings (SSSR count). The highest BCUT2D eigenvalue weighted by Crippen LogP contribution is 2.38. The van der Waals surface area contributed by atoms with Gasteiger partial charge in [0.15, 0.2) is 0 Å². The molecule has 0 radical (unpaired) electrons. The molecular formula is C14H13Cl2NO. The molecule has 94 valence electrons. The van der Waals surface area contributed by atoms with E-state index in [0.717, 1.165) is 22.4 Å². The molecule has 0 heterocycles. The van der Waals surface area contributed by atoms with Gasteiger partial charge in [0.1, 0.15) is 5.75 Å². The van der Waals surface area contributed by atoms with Crippen molar-refractivity contribution in [3.8, 4) is 16.9 Å². The Labute approximate surface area is 116 Å². The van der Waals surface area contributed by atoms with Crippen LogP contribution in [-0.2, 0) is 0 Å². The molecule has 2 N–H and O–H groups in total. The van der Waals surface area contributed by atoms with Crippen LogP contribution in [0.2, 0.25) is 10.0 Å². The number of nitrogens with two attached hydrogens (primary N) is 1. The summed E-state index contributed by atoms with van der Waals surface area (Å²) in [6, 6.07) is 9.21. The fourth-order valence-electron chi connectivity index (χ4n) is 1.88. The van der Waals surface area contributed by atoms with Crippen LogP contribution in [0.4, 0.5) is 5.69 Å². The molecule has 0 aromatic heterocycles. The first kappa shape index (κ1) is 13.1. The van der Waals surface area contributed by atoms with E-state index in [-0.39, 0.29) is 0 Å². The number of methoxy groups -OCH3 is 1. The summed E-state index contributed by atoms with van der Waals surface area (Å²) >= 11 is 12.4. The van der Waals surface area contributed by atoms with E-state index in [1.54, 1.807) is 19.2 Å². The third-order valence-corrected chi connectivity index (χ3v) is 3.39. The van der Waals surface area contributed by atoms with Crippen molar-refractivity contribution in [2.75, 3.05) is 12.8 Å². The summed E-state index contributed by atoms with van der Waals surface area (Å²) in [6.45, 7) is 1.99. The Morgan fingerprint density at radius 1 is 1.00 bits per heavy atom. The molecule has 0 amide bonds. The first-order valence-corrected chi connectivity index (χ1v) is 6.18. The molecule has 2 aromatic rings. The fraction of sp³-hybridized carbons (Fsp3) is 0.143. The quantitative estimate of drug-likeness (QED) is 0.819.